The molecule has 0 heterocycles. The standard InChI is InChI=1S/C20H21BrCl2N2O2/c1-3-24-20(27)13(2)25(12-14-4-7-16(21)8-5-14)19(26)10-15-6-9-17(22)11-18(15)23/h4-9,11,13H,3,10,12H2,1-2H3,(H,24,27)/t13-/m0/s1. The Balaban J connectivity index is 2.25. The molecule has 2 aromatic carbocycles. The highest BCUT2D eigenvalue weighted by Crippen LogP contribution is 2.23. The summed E-state index contributed by atoms with van der Waals surface area (Å²) in [6, 6.07) is 12.1. The van der Waals surface area contributed by atoms with E-state index >= 15 is 0 Å². The molecule has 0 radical (unpaired) electrons. The first kappa shape index (κ1) is 21.7. The number of amides is 2. The summed E-state index contributed by atoms with van der Waals surface area (Å²) in [6.07, 6.45) is 0.0935. The molecule has 0 aromatic heterocycles. The van der Waals surface area contributed by atoms with Crippen molar-refractivity contribution < 1.29 is 9.59 Å². The fraction of sp³-hybridized carbons (Fsp3) is 0.300. The molecular formula is C20H21BrCl2N2O2. The number of carbonyl (C=O) groups excluding carboxylic acids is 2. The second-order valence-corrected chi connectivity index (χ2v) is 7.89. The van der Waals surface area contributed by atoms with Gasteiger partial charge in [-0.2, -0.15) is 0 Å². The van der Waals surface area contributed by atoms with Crippen LogP contribution in [-0.4, -0.2) is 29.3 Å². The zero-order valence-electron chi connectivity index (χ0n) is 15.1. The first-order chi connectivity index (χ1) is 12.8. The van der Waals surface area contributed by atoms with E-state index in [0.29, 0.717) is 28.7 Å². The second kappa shape index (κ2) is 10.1. The molecule has 0 spiro atoms. The van der Waals surface area contributed by atoms with E-state index < -0.39 is 6.04 Å². The summed E-state index contributed by atoms with van der Waals surface area (Å²) in [7, 11) is 0. The minimum atomic E-state index is -0.604. The zero-order chi connectivity index (χ0) is 20.0. The van der Waals surface area contributed by atoms with Crippen LogP contribution in [0.1, 0.15) is 25.0 Å². The predicted octanol–water partition coefficient (Wildman–Crippen LogP) is 4.85. The molecule has 0 aliphatic carbocycles. The van der Waals surface area contributed by atoms with Crippen molar-refractivity contribution in [2.24, 2.45) is 0 Å². The van der Waals surface area contributed by atoms with Crippen LogP contribution in [0.2, 0.25) is 10.0 Å². The molecule has 27 heavy (non-hydrogen) atoms. The van der Waals surface area contributed by atoms with Crippen LogP contribution in [0.3, 0.4) is 0 Å². The van der Waals surface area contributed by atoms with Gasteiger partial charge in [-0.1, -0.05) is 57.3 Å². The highest BCUT2D eigenvalue weighted by Gasteiger charge is 2.26. The van der Waals surface area contributed by atoms with E-state index in [1.54, 1.807) is 30.0 Å². The van der Waals surface area contributed by atoms with Gasteiger partial charge in [-0.25, -0.2) is 0 Å². The third kappa shape index (κ3) is 6.23. The van der Waals surface area contributed by atoms with Gasteiger partial charge >= 0.3 is 0 Å². The Bertz CT molecular complexity index is 812. The van der Waals surface area contributed by atoms with Crippen LogP contribution in [0.25, 0.3) is 0 Å². The number of benzene rings is 2. The fourth-order valence-corrected chi connectivity index (χ4v) is 3.36. The average molecular weight is 472 g/mol. The zero-order valence-corrected chi connectivity index (χ0v) is 18.2. The quantitative estimate of drug-likeness (QED) is 0.627. The molecule has 2 rings (SSSR count). The normalized spacial score (nSPS) is 11.7. The molecule has 0 bridgehead atoms. The number of hydrogen-bond acceptors (Lipinski definition) is 2. The highest BCUT2D eigenvalue weighted by molar-refractivity contribution is 9.10. The van der Waals surface area contributed by atoms with E-state index in [2.05, 4.69) is 21.2 Å². The van der Waals surface area contributed by atoms with Crippen LogP contribution in [-0.2, 0) is 22.6 Å². The van der Waals surface area contributed by atoms with Crippen molar-refractivity contribution in [2.45, 2.75) is 32.9 Å². The van der Waals surface area contributed by atoms with E-state index in [9.17, 15) is 9.59 Å². The number of carbonyl (C=O) groups is 2. The van der Waals surface area contributed by atoms with E-state index in [1.165, 1.54) is 0 Å². The monoisotopic (exact) mass is 470 g/mol. The van der Waals surface area contributed by atoms with Crippen molar-refractivity contribution in [1.29, 1.82) is 0 Å². The lowest BCUT2D eigenvalue weighted by molar-refractivity contribution is -0.140. The van der Waals surface area contributed by atoms with Crippen molar-refractivity contribution in [3.63, 3.8) is 0 Å². The summed E-state index contributed by atoms with van der Waals surface area (Å²) in [5.74, 6) is -0.369. The topological polar surface area (TPSA) is 49.4 Å². The fourth-order valence-electron chi connectivity index (χ4n) is 2.62. The Hall–Kier alpha value is -1.56. The molecule has 0 saturated carbocycles. The van der Waals surface area contributed by atoms with Gasteiger partial charge in [0.05, 0.1) is 6.42 Å². The maximum Gasteiger partial charge on any atom is 0.242 e. The van der Waals surface area contributed by atoms with Gasteiger partial charge < -0.3 is 10.2 Å². The number of hydrogen-bond donors (Lipinski definition) is 1. The molecule has 4 nitrogen and oxygen atoms in total. The maximum absolute atomic E-state index is 13.0. The summed E-state index contributed by atoms with van der Waals surface area (Å²) < 4.78 is 0.953. The molecule has 144 valence electrons. The van der Waals surface area contributed by atoms with Crippen LogP contribution in [0.5, 0.6) is 0 Å². The van der Waals surface area contributed by atoms with Crippen molar-refractivity contribution in [3.05, 3.63) is 68.1 Å². The predicted molar refractivity (Wildman–Crippen MR) is 113 cm³/mol. The van der Waals surface area contributed by atoms with Crippen LogP contribution in [0.15, 0.2) is 46.9 Å². The van der Waals surface area contributed by atoms with Gasteiger partial charge in [0.25, 0.3) is 0 Å². The van der Waals surface area contributed by atoms with Gasteiger partial charge in [0.2, 0.25) is 11.8 Å². The van der Waals surface area contributed by atoms with Crippen LogP contribution in [0.4, 0.5) is 0 Å². The number of halogens is 3. The average Bonchev–Trinajstić information content (AvgIpc) is 2.63. The minimum Gasteiger partial charge on any atom is -0.355 e. The number of nitrogens with one attached hydrogen (secondary N) is 1. The third-order valence-electron chi connectivity index (χ3n) is 4.14. The van der Waals surface area contributed by atoms with Crippen molar-refractivity contribution in [2.75, 3.05) is 6.54 Å². The molecule has 0 fully saturated rings. The molecule has 7 heteroatoms. The molecule has 0 aliphatic heterocycles. The van der Waals surface area contributed by atoms with Crippen LogP contribution in [0, 0.1) is 0 Å². The molecule has 2 amide bonds. The van der Waals surface area contributed by atoms with Gasteiger partial charge in [-0.3, -0.25) is 9.59 Å². The van der Waals surface area contributed by atoms with Gasteiger partial charge in [-0.15, -0.1) is 0 Å². The van der Waals surface area contributed by atoms with Crippen molar-refractivity contribution in [1.82, 2.24) is 10.2 Å². The van der Waals surface area contributed by atoms with Gasteiger partial charge in [-0.05, 0) is 49.2 Å². The molecular weight excluding hydrogens is 451 g/mol. The lowest BCUT2D eigenvalue weighted by atomic mass is 10.1. The van der Waals surface area contributed by atoms with Crippen LogP contribution < -0.4 is 5.32 Å². The summed E-state index contributed by atoms with van der Waals surface area (Å²) in [6.45, 7) is 4.41. The van der Waals surface area contributed by atoms with E-state index in [1.807, 2.05) is 31.2 Å². The summed E-state index contributed by atoms with van der Waals surface area (Å²) in [5.41, 5.74) is 1.61. The summed E-state index contributed by atoms with van der Waals surface area (Å²) in [4.78, 5) is 26.9. The summed E-state index contributed by atoms with van der Waals surface area (Å²) >= 11 is 15.5. The SMILES string of the molecule is CCNC(=O)[C@H](C)N(Cc1ccc(Br)cc1)C(=O)Cc1ccc(Cl)cc1Cl. The molecule has 1 atom stereocenters. The third-order valence-corrected chi connectivity index (χ3v) is 5.26. The van der Waals surface area contributed by atoms with Crippen molar-refractivity contribution in [3.8, 4) is 0 Å². The molecule has 0 unspecified atom stereocenters. The number of rotatable bonds is 7. The van der Waals surface area contributed by atoms with Gasteiger partial charge in [0, 0.05) is 27.6 Å². The smallest absolute Gasteiger partial charge is 0.242 e. The van der Waals surface area contributed by atoms with E-state index in [-0.39, 0.29) is 18.2 Å². The van der Waals surface area contributed by atoms with Gasteiger partial charge in [0.15, 0.2) is 0 Å². The Labute approximate surface area is 178 Å². The van der Waals surface area contributed by atoms with Crippen molar-refractivity contribution >= 4 is 50.9 Å². The van der Waals surface area contributed by atoms with E-state index in [0.717, 1.165) is 10.0 Å². The lowest BCUT2D eigenvalue weighted by Gasteiger charge is -2.29. The Morgan fingerprint density at radius 3 is 2.41 bits per heavy atom. The molecule has 0 saturated heterocycles. The molecule has 2 aromatic rings. The Morgan fingerprint density at radius 1 is 1.15 bits per heavy atom. The van der Waals surface area contributed by atoms with Gasteiger partial charge in [0.1, 0.15) is 6.04 Å². The second-order valence-electron chi connectivity index (χ2n) is 6.13. The van der Waals surface area contributed by atoms with Crippen LogP contribution >= 0.6 is 39.1 Å². The molecule has 0 aliphatic rings. The molecule has 1 N–H and O–H groups in total. The minimum absolute atomic E-state index is 0.0935. The first-order valence-electron chi connectivity index (χ1n) is 8.57. The summed E-state index contributed by atoms with van der Waals surface area (Å²) in [5, 5.41) is 3.72. The first-order valence-corrected chi connectivity index (χ1v) is 10.1. The highest BCUT2D eigenvalue weighted by atomic mass is 79.9. The number of nitrogens with zero attached hydrogens (tertiary/aromatic N) is 1. The Morgan fingerprint density at radius 2 is 1.81 bits per heavy atom. The Kier molecular flexibility index (Phi) is 8.14. The van der Waals surface area contributed by atoms with E-state index in [4.69, 9.17) is 23.2 Å². The largest absolute Gasteiger partial charge is 0.355 e. The lowest BCUT2D eigenvalue weighted by Crippen LogP contribution is -2.48. The number of likely N-dealkylation sites (N-methyl/N-ethyl adjacent to an activating group) is 1. The maximum atomic E-state index is 13.0.